The first-order valence-corrected chi connectivity index (χ1v) is 14.0. The van der Waals surface area contributed by atoms with Crippen molar-refractivity contribution in [3.05, 3.63) is 57.6 Å². The van der Waals surface area contributed by atoms with Crippen molar-refractivity contribution in [2.75, 3.05) is 33.3 Å². The number of esters is 1. The molecule has 38 heavy (non-hydrogen) atoms. The van der Waals surface area contributed by atoms with E-state index < -0.39 is 17.7 Å². The Hall–Kier alpha value is -2.70. The molecule has 2 aromatic rings. The third kappa shape index (κ3) is 6.13. The minimum absolute atomic E-state index is 0.225. The summed E-state index contributed by atoms with van der Waals surface area (Å²) < 4.78 is 11.7. The van der Waals surface area contributed by atoms with Crippen molar-refractivity contribution in [1.82, 2.24) is 9.80 Å². The van der Waals surface area contributed by atoms with E-state index in [2.05, 4.69) is 49.9 Å². The Morgan fingerprint density at radius 3 is 2.18 bits per heavy atom. The Morgan fingerprint density at radius 1 is 0.921 bits per heavy atom. The normalized spacial score (nSPS) is 17.2. The van der Waals surface area contributed by atoms with E-state index in [0.29, 0.717) is 13.1 Å². The fraction of sp³-hybridized carbons (Fsp3) is 0.562. The summed E-state index contributed by atoms with van der Waals surface area (Å²) in [6.45, 7) is 15.9. The lowest BCUT2D eigenvalue weighted by Gasteiger charge is -2.36. The number of aryl methyl sites for hydroxylation is 1. The van der Waals surface area contributed by atoms with Crippen molar-refractivity contribution in [1.29, 1.82) is 0 Å². The van der Waals surface area contributed by atoms with Crippen LogP contribution in [0.4, 0.5) is 0 Å². The summed E-state index contributed by atoms with van der Waals surface area (Å²) in [6.07, 6.45) is 3.42. The molecule has 4 rings (SSSR count). The van der Waals surface area contributed by atoms with Crippen molar-refractivity contribution >= 4 is 11.9 Å². The van der Waals surface area contributed by atoms with Gasteiger partial charge in [-0.25, -0.2) is 4.79 Å². The molecule has 0 radical (unpaired) electrons. The highest BCUT2D eigenvalue weighted by Gasteiger charge is 2.35. The first-order valence-electron chi connectivity index (χ1n) is 14.0. The number of fused-ring (bicyclic) bond motifs is 1. The summed E-state index contributed by atoms with van der Waals surface area (Å²) in [4.78, 5) is 30.6. The Labute approximate surface area is 228 Å². The van der Waals surface area contributed by atoms with Crippen molar-refractivity contribution in [2.45, 2.75) is 85.5 Å². The largest absolute Gasteiger partial charge is 0.467 e. The van der Waals surface area contributed by atoms with Gasteiger partial charge in [0.1, 0.15) is 0 Å². The van der Waals surface area contributed by atoms with Crippen molar-refractivity contribution in [2.24, 2.45) is 0 Å². The SMILES string of the molecule is COC(=O)C(OC(C)(C)C)c1c(C)c2c(c(C)c1-c1ccc(C)cc1)CCN(CC(=O)N1CCCCC1)C2. The zero-order valence-electron chi connectivity index (χ0n) is 24.3. The fourth-order valence-corrected chi connectivity index (χ4v) is 5.96. The van der Waals surface area contributed by atoms with Crippen LogP contribution in [0.15, 0.2) is 24.3 Å². The summed E-state index contributed by atoms with van der Waals surface area (Å²) in [5, 5.41) is 0. The summed E-state index contributed by atoms with van der Waals surface area (Å²) in [7, 11) is 1.42. The molecule has 1 amide bonds. The number of methoxy groups -OCH3 is 1. The molecule has 6 heteroatoms. The highest BCUT2D eigenvalue weighted by atomic mass is 16.6. The Kier molecular flexibility index (Phi) is 8.63. The van der Waals surface area contributed by atoms with E-state index >= 15 is 0 Å². The van der Waals surface area contributed by atoms with Crippen LogP contribution in [0, 0.1) is 20.8 Å². The molecule has 0 spiro atoms. The summed E-state index contributed by atoms with van der Waals surface area (Å²) in [5.41, 5.74) is 8.39. The molecule has 2 aromatic carbocycles. The Morgan fingerprint density at radius 2 is 1.58 bits per heavy atom. The van der Waals surface area contributed by atoms with Crippen LogP contribution in [0.1, 0.15) is 79.5 Å². The number of amides is 1. The smallest absolute Gasteiger partial charge is 0.339 e. The monoisotopic (exact) mass is 520 g/mol. The quantitative estimate of drug-likeness (QED) is 0.459. The lowest BCUT2D eigenvalue weighted by molar-refractivity contribution is -0.164. The van der Waals surface area contributed by atoms with Crippen LogP contribution in [-0.2, 0) is 32.0 Å². The van der Waals surface area contributed by atoms with Gasteiger partial charge in [0.2, 0.25) is 5.91 Å². The number of ether oxygens (including phenoxy) is 2. The topological polar surface area (TPSA) is 59.1 Å². The fourth-order valence-electron chi connectivity index (χ4n) is 5.96. The molecule has 1 unspecified atom stereocenters. The zero-order valence-corrected chi connectivity index (χ0v) is 24.3. The van der Waals surface area contributed by atoms with Gasteiger partial charge < -0.3 is 14.4 Å². The van der Waals surface area contributed by atoms with E-state index in [1.54, 1.807) is 0 Å². The average Bonchev–Trinajstić information content (AvgIpc) is 2.89. The van der Waals surface area contributed by atoms with Gasteiger partial charge >= 0.3 is 5.97 Å². The number of hydrogen-bond donors (Lipinski definition) is 0. The summed E-state index contributed by atoms with van der Waals surface area (Å²) in [6, 6.07) is 8.48. The second-order valence-corrected chi connectivity index (χ2v) is 11.9. The number of hydrogen-bond acceptors (Lipinski definition) is 5. The highest BCUT2D eigenvalue weighted by molar-refractivity contribution is 5.85. The zero-order chi connectivity index (χ0) is 27.6. The minimum atomic E-state index is -0.856. The molecule has 0 N–H and O–H groups in total. The van der Waals surface area contributed by atoms with Gasteiger partial charge in [-0.15, -0.1) is 0 Å². The lowest BCUT2D eigenvalue weighted by Crippen LogP contribution is -2.44. The second kappa shape index (κ2) is 11.6. The molecule has 0 aromatic heterocycles. The van der Waals surface area contributed by atoms with Crippen molar-refractivity contribution in [3.63, 3.8) is 0 Å². The van der Waals surface area contributed by atoms with E-state index in [1.807, 2.05) is 25.7 Å². The molecule has 1 fully saturated rings. The van der Waals surface area contributed by atoms with Gasteiger partial charge in [-0.3, -0.25) is 9.69 Å². The number of rotatable bonds is 6. The van der Waals surface area contributed by atoms with Crippen LogP contribution >= 0.6 is 0 Å². The van der Waals surface area contributed by atoms with Gasteiger partial charge in [-0.05, 0) is 101 Å². The highest BCUT2D eigenvalue weighted by Crippen LogP contribution is 2.43. The maximum absolute atomic E-state index is 13.2. The van der Waals surface area contributed by atoms with E-state index in [1.165, 1.54) is 35.8 Å². The van der Waals surface area contributed by atoms with Gasteiger partial charge in [0.25, 0.3) is 0 Å². The number of piperidine rings is 1. The van der Waals surface area contributed by atoms with Crippen molar-refractivity contribution < 1.29 is 19.1 Å². The second-order valence-electron chi connectivity index (χ2n) is 11.9. The molecule has 0 bridgehead atoms. The van der Waals surface area contributed by atoms with Gasteiger partial charge in [-0.1, -0.05) is 29.8 Å². The Bertz CT molecular complexity index is 1170. The molecule has 0 aliphatic carbocycles. The van der Waals surface area contributed by atoms with Crippen LogP contribution in [0.3, 0.4) is 0 Å². The molecule has 1 saturated heterocycles. The van der Waals surface area contributed by atoms with E-state index in [4.69, 9.17) is 9.47 Å². The molecule has 6 nitrogen and oxygen atoms in total. The third-order valence-corrected chi connectivity index (χ3v) is 7.93. The maximum atomic E-state index is 13.2. The summed E-state index contributed by atoms with van der Waals surface area (Å²) in [5.74, 6) is -0.175. The van der Waals surface area contributed by atoms with Crippen LogP contribution in [0.2, 0.25) is 0 Å². The number of benzene rings is 2. The molecular formula is C32H44N2O4. The van der Waals surface area contributed by atoms with Gasteiger partial charge in [0, 0.05) is 31.7 Å². The average molecular weight is 521 g/mol. The first-order chi connectivity index (χ1) is 18.0. The molecule has 2 aliphatic rings. The van der Waals surface area contributed by atoms with E-state index in [9.17, 15) is 9.59 Å². The number of carbonyl (C=O) groups excluding carboxylic acids is 2. The van der Waals surface area contributed by atoms with Crippen molar-refractivity contribution in [3.8, 4) is 11.1 Å². The predicted octanol–water partition coefficient (Wildman–Crippen LogP) is 5.68. The molecule has 0 saturated carbocycles. The van der Waals surface area contributed by atoms with E-state index in [-0.39, 0.29) is 5.91 Å². The molecule has 2 heterocycles. The molecular weight excluding hydrogens is 476 g/mol. The molecule has 206 valence electrons. The molecule has 1 atom stereocenters. The van der Waals surface area contributed by atoms with Gasteiger partial charge in [0.15, 0.2) is 6.10 Å². The number of carbonyl (C=O) groups is 2. The third-order valence-electron chi connectivity index (χ3n) is 7.93. The maximum Gasteiger partial charge on any atom is 0.339 e. The van der Waals surface area contributed by atoms with Crippen LogP contribution in [0.25, 0.3) is 11.1 Å². The standard InChI is InChI=1S/C32H44N2O4/c1-21-11-13-24(14-12-21)28-22(2)25-15-18-33(20-27(35)34-16-9-8-10-17-34)19-26(25)23(3)29(28)30(31(36)37-7)38-32(4,5)6/h11-14,30H,8-10,15-20H2,1-7H3. The van der Waals surface area contributed by atoms with Gasteiger partial charge in [-0.2, -0.15) is 0 Å². The van der Waals surface area contributed by atoms with E-state index in [0.717, 1.165) is 61.2 Å². The van der Waals surface area contributed by atoms with Crippen LogP contribution in [0.5, 0.6) is 0 Å². The predicted molar refractivity (Wildman–Crippen MR) is 151 cm³/mol. The molecule has 2 aliphatic heterocycles. The first kappa shape index (κ1) is 28.3. The summed E-state index contributed by atoms with van der Waals surface area (Å²) >= 11 is 0. The van der Waals surface area contributed by atoms with Crippen LogP contribution in [-0.4, -0.2) is 60.6 Å². The Balaban J connectivity index is 1.80. The number of nitrogens with zero attached hydrogens (tertiary/aromatic N) is 2. The lowest BCUT2D eigenvalue weighted by atomic mass is 9.80. The minimum Gasteiger partial charge on any atom is -0.467 e. The van der Waals surface area contributed by atoms with Crippen LogP contribution < -0.4 is 0 Å². The van der Waals surface area contributed by atoms with Gasteiger partial charge in [0.05, 0.1) is 19.3 Å². The number of likely N-dealkylation sites (tertiary alicyclic amines) is 1.